The summed E-state index contributed by atoms with van der Waals surface area (Å²) in [6.07, 6.45) is 0. The number of nitrogen functional groups attached to an aromatic ring is 1. The van der Waals surface area contributed by atoms with Gasteiger partial charge >= 0.3 is 5.97 Å². The number of hydrazine groups is 1. The van der Waals surface area contributed by atoms with Crippen molar-refractivity contribution in [3.05, 3.63) is 29.3 Å². The van der Waals surface area contributed by atoms with Crippen molar-refractivity contribution < 1.29 is 18.7 Å². The molecule has 0 saturated heterocycles. The normalized spacial score (nSPS) is 9.77. The van der Waals surface area contributed by atoms with E-state index in [2.05, 4.69) is 0 Å². The van der Waals surface area contributed by atoms with Crippen molar-refractivity contribution in [2.24, 2.45) is 5.84 Å². The number of aromatic carboxylic acids is 1. The van der Waals surface area contributed by atoms with Crippen LogP contribution in [0.1, 0.15) is 10.4 Å². The molecule has 4 nitrogen and oxygen atoms in total. The molecule has 0 atom stereocenters. The summed E-state index contributed by atoms with van der Waals surface area (Å²) in [6.45, 7) is 0. The van der Waals surface area contributed by atoms with Crippen molar-refractivity contribution in [2.45, 2.75) is 0 Å². The van der Waals surface area contributed by atoms with Gasteiger partial charge in [-0.15, -0.1) is 0 Å². The average molecular weight is 188 g/mol. The Bertz CT molecular complexity index is 331. The lowest BCUT2D eigenvalue weighted by Crippen LogP contribution is -2.11. The molecular formula is C7H6F2N2O2. The number of carbonyl (C=O) groups is 1. The molecule has 0 aliphatic heterocycles. The number of nitrogens with one attached hydrogen (secondary N) is 1. The number of anilines is 1. The molecule has 1 aromatic carbocycles. The smallest absolute Gasteiger partial charge is 0.335 e. The standard InChI is InChI=1S/C7H6F2N2O2/c8-4-1-3(7(12)13)2-5(9)6(4)11-10/h1-2,11H,10H2,(H,12,13). The summed E-state index contributed by atoms with van der Waals surface area (Å²) in [6, 6.07) is 1.36. The molecule has 1 aromatic rings. The Hall–Kier alpha value is -1.69. The van der Waals surface area contributed by atoms with E-state index in [-0.39, 0.29) is 0 Å². The van der Waals surface area contributed by atoms with E-state index in [1.807, 2.05) is 0 Å². The number of benzene rings is 1. The van der Waals surface area contributed by atoms with Gasteiger partial charge in [-0.2, -0.15) is 0 Å². The number of hydrogen-bond acceptors (Lipinski definition) is 3. The summed E-state index contributed by atoms with van der Waals surface area (Å²) in [7, 11) is 0. The second-order valence-electron chi connectivity index (χ2n) is 2.26. The highest BCUT2D eigenvalue weighted by molar-refractivity contribution is 5.88. The molecule has 0 radical (unpaired) electrons. The summed E-state index contributed by atoms with van der Waals surface area (Å²) in [5.74, 6) is 1.32. The number of hydrogen-bond donors (Lipinski definition) is 3. The van der Waals surface area contributed by atoms with Crippen LogP contribution < -0.4 is 11.3 Å². The Morgan fingerprint density at radius 3 is 2.15 bits per heavy atom. The van der Waals surface area contributed by atoms with Crippen LogP contribution in [-0.4, -0.2) is 11.1 Å². The fraction of sp³-hybridized carbons (Fsp3) is 0. The summed E-state index contributed by atoms with van der Waals surface area (Å²) in [5.41, 5.74) is 0.772. The van der Waals surface area contributed by atoms with Crippen LogP contribution in [0.25, 0.3) is 0 Å². The van der Waals surface area contributed by atoms with Gasteiger partial charge in [-0.1, -0.05) is 0 Å². The topological polar surface area (TPSA) is 75.3 Å². The lowest BCUT2D eigenvalue weighted by Gasteiger charge is -2.04. The Balaban J connectivity index is 3.28. The highest BCUT2D eigenvalue weighted by Gasteiger charge is 2.13. The maximum absolute atomic E-state index is 12.8. The van der Waals surface area contributed by atoms with Crippen molar-refractivity contribution in [2.75, 3.05) is 5.43 Å². The molecule has 0 saturated carbocycles. The monoisotopic (exact) mass is 188 g/mol. The molecule has 0 aromatic heterocycles. The Labute approximate surface area is 71.9 Å². The molecule has 0 spiro atoms. The summed E-state index contributed by atoms with van der Waals surface area (Å²) < 4.78 is 25.7. The first kappa shape index (κ1) is 9.40. The largest absolute Gasteiger partial charge is 0.478 e. The number of rotatable bonds is 2. The highest BCUT2D eigenvalue weighted by Crippen LogP contribution is 2.19. The van der Waals surface area contributed by atoms with Crippen LogP contribution in [0.3, 0.4) is 0 Å². The molecular weight excluding hydrogens is 182 g/mol. The van der Waals surface area contributed by atoms with Crippen molar-refractivity contribution in [3.63, 3.8) is 0 Å². The molecule has 70 valence electrons. The van der Waals surface area contributed by atoms with Crippen molar-refractivity contribution in [1.29, 1.82) is 0 Å². The van der Waals surface area contributed by atoms with Gasteiger partial charge in [-0.05, 0) is 12.1 Å². The van der Waals surface area contributed by atoms with Crippen LogP contribution >= 0.6 is 0 Å². The van der Waals surface area contributed by atoms with Crippen LogP contribution in [0.2, 0.25) is 0 Å². The Morgan fingerprint density at radius 2 is 1.85 bits per heavy atom. The average Bonchev–Trinajstić information content (AvgIpc) is 2.03. The minimum absolute atomic E-state index is 0.464. The number of halogens is 2. The molecule has 6 heteroatoms. The number of carboxylic acids is 1. The molecule has 0 aliphatic carbocycles. The van der Waals surface area contributed by atoms with Gasteiger partial charge in [0.05, 0.1) is 5.56 Å². The second-order valence-corrected chi connectivity index (χ2v) is 2.26. The van der Waals surface area contributed by atoms with Crippen molar-refractivity contribution in [3.8, 4) is 0 Å². The minimum Gasteiger partial charge on any atom is -0.478 e. The molecule has 4 N–H and O–H groups in total. The van der Waals surface area contributed by atoms with E-state index in [1.165, 1.54) is 0 Å². The van der Waals surface area contributed by atoms with E-state index in [1.54, 1.807) is 5.43 Å². The van der Waals surface area contributed by atoms with Gasteiger partial charge in [0.2, 0.25) is 0 Å². The number of nitrogens with two attached hydrogens (primary N) is 1. The van der Waals surface area contributed by atoms with Gasteiger partial charge in [-0.25, -0.2) is 13.6 Å². The zero-order valence-corrected chi connectivity index (χ0v) is 6.34. The van der Waals surface area contributed by atoms with Crippen LogP contribution in [0, 0.1) is 11.6 Å². The fourth-order valence-electron chi connectivity index (χ4n) is 0.834. The molecule has 0 unspecified atom stereocenters. The van der Waals surface area contributed by atoms with Crippen LogP contribution in [0.5, 0.6) is 0 Å². The third-order valence-electron chi connectivity index (χ3n) is 1.43. The Kier molecular flexibility index (Phi) is 2.43. The quantitative estimate of drug-likeness (QED) is 0.477. The molecule has 0 heterocycles. The predicted molar refractivity (Wildman–Crippen MR) is 41.1 cm³/mol. The molecule has 0 aliphatic rings. The van der Waals surface area contributed by atoms with Crippen LogP contribution in [0.15, 0.2) is 12.1 Å². The SMILES string of the molecule is NNc1c(F)cc(C(=O)O)cc1F. The Morgan fingerprint density at radius 1 is 1.38 bits per heavy atom. The van der Waals surface area contributed by atoms with Crippen LogP contribution in [0.4, 0.5) is 14.5 Å². The first-order valence-corrected chi connectivity index (χ1v) is 3.25. The second kappa shape index (κ2) is 3.36. The van der Waals surface area contributed by atoms with Gasteiger partial charge in [-0.3, -0.25) is 5.84 Å². The third-order valence-corrected chi connectivity index (χ3v) is 1.43. The third kappa shape index (κ3) is 1.73. The van der Waals surface area contributed by atoms with E-state index in [4.69, 9.17) is 10.9 Å². The van der Waals surface area contributed by atoms with Gasteiger partial charge < -0.3 is 10.5 Å². The van der Waals surface area contributed by atoms with E-state index in [9.17, 15) is 13.6 Å². The lowest BCUT2D eigenvalue weighted by atomic mass is 10.2. The molecule has 13 heavy (non-hydrogen) atoms. The highest BCUT2D eigenvalue weighted by atomic mass is 19.1. The summed E-state index contributed by atoms with van der Waals surface area (Å²) >= 11 is 0. The first-order valence-electron chi connectivity index (χ1n) is 3.25. The van der Waals surface area contributed by atoms with Crippen molar-refractivity contribution >= 4 is 11.7 Å². The lowest BCUT2D eigenvalue weighted by molar-refractivity contribution is 0.0696. The maximum Gasteiger partial charge on any atom is 0.335 e. The summed E-state index contributed by atoms with van der Waals surface area (Å²) in [4.78, 5) is 10.3. The van der Waals surface area contributed by atoms with E-state index in [0.717, 1.165) is 0 Å². The van der Waals surface area contributed by atoms with E-state index >= 15 is 0 Å². The van der Waals surface area contributed by atoms with Gasteiger partial charge in [0, 0.05) is 0 Å². The fourth-order valence-corrected chi connectivity index (χ4v) is 0.834. The van der Waals surface area contributed by atoms with Gasteiger partial charge in [0.25, 0.3) is 0 Å². The molecule has 0 amide bonds. The van der Waals surface area contributed by atoms with Crippen LogP contribution in [-0.2, 0) is 0 Å². The van der Waals surface area contributed by atoms with Gasteiger partial charge in [0.1, 0.15) is 5.69 Å². The van der Waals surface area contributed by atoms with Gasteiger partial charge in [0.15, 0.2) is 11.6 Å². The van der Waals surface area contributed by atoms with E-state index < -0.39 is 28.9 Å². The molecule has 0 fully saturated rings. The molecule has 0 bridgehead atoms. The minimum atomic E-state index is -1.40. The van der Waals surface area contributed by atoms with Crippen molar-refractivity contribution in [1.82, 2.24) is 0 Å². The maximum atomic E-state index is 12.8. The van der Waals surface area contributed by atoms with E-state index in [0.29, 0.717) is 12.1 Å². The summed E-state index contributed by atoms with van der Waals surface area (Å²) in [5, 5.41) is 8.41. The zero-order chi connectivity index (χ0) is 10.0. The first-order chi connectivity index (χ1) is 6.06. The number of carboxylic acid groups (broad SMARTS) is 1. The zero-order valence-electron chi connectivity index (χ0n) is 6.34. The molecule has 1 rings (SSSR count). The predicted octanol–water partition coefficient (Wildman–Crippen LogP) is 0.949.